The molecule has 3 heterocycles. The molecular weight excluding hydrogens is 462 g/mol. The van der Waals surface area contributed by atoms with Crippen LogP contribution in [0.3, 0.4) is 0 Å². The molecule has 0 amide bonds. The highest BCUT2D eigenvalue weighted by molar-refractivity contribution is 5.85. The van der Waals surface area contributed by atoms with Gasteiger partial charge in [0, 0.05) is 22.8 Å². The maximum Gasteiger partial charge on any atom is 0.105 e. The highest BCUT2D eigenvalue weighted by atomic mass is 16.5. The minimum Gasteiger partial charge on any atom is -0.388 e. The molecule has 2 aromatic rings. The van der Waals surface area contributed by atoms with Crippen LogP contribution in [0.2, 0.25) is 0 Å². The van der Waals surface area contributed by atoms with Crippen molar-refractivity contribution in [3.8, 4) is 0 Å². The molecule has 1 aromatic carbocycles. The predicted molar refractivity (Wildman–Crippen MR) is 144 cm³/mol. The quantitative estimate of drug-likeness (QED) is 0.642. The zero-order chi connectivity index (χ0) is 26.0. The first kappa shape index (κ1) is 23.7. The molecule has 3 aliphatic carbocycles. The van der Waals surface area contributed by atoms with Gasteiger partial charge in [-0.15, -0.1) is 0 Å². The SMILES string of the molecule is CN(C)C1CC23CCC4(O2)C(=CC(C)(C)C2(C)C(c5ccc6nnccc6c5)=CCC42)C=C3C(O)C1O. The topological polar surface area (TPSA) is 78.7 Å². The minimum atomic E-state index is -0.910. The van der Waals surface area contributed by atoms with Crippen LogP contribution in [0.25, 0.3) is 16.5 Å². The average molecular weight is 500 g/mol. The molecule has 2 aliphatic heterocycles. The molecule has 7 unspecified atom stereocenters. The Hall–Kier alpha value is -2.38. The zero-order valence-corrected chi connectivity index (χ0v) is 22.4. The molecule has 2 spiro atoms. The molecule has 37 heavy (non-hydrogen) atoms. The highest BCUT2D eigenvalue weighted by Gasteiger charge is 2.70. The highest BCUT2D eigenvalue weighted by Crippen LogP contribution is 2.71. The molecule has 2 N–H and O–H groups in total. The number of allylic oxidation sites excluding steroid dienone is 3. The molecule has 194 valence electrons. The van der Waals surface area contributed by atoms with Crippen molar-refractivity contribution in [2.24, 2.45) is 16.7 Å². The molecule has 2 fully saturated rings. The number of fused-ring (bicyclic) bond motifs is 2. The van der Waals surface area contributed by atoms with Gasteiger partial charge in [0.05, 0.1) is 29.0 Å². The van der Waals surface area contributed by atoms with E-state index in [-0.39, 0.29) is 28.4 Å². The Balaban J connectivity index is 1.36. The van der Waals surface area contributed by atoms with Crippen molar-refractivity contribution in [1.82, 2.24) is 15.1 Å². The van der Waals surface area contributed by atoms with E-state index >= 15 is 0 Å². The van der Waals surface area contributed by atoms with E-state index in [0.29, 0.717) is 6.42 Å². The van der Waals surface area contributed by atoms with Crippen LogP contribution in [-0.4, -0.2) is 68.9 Å². The van der Waals surface area contributed by atoms with E-state index in [0.717, 1.165) is 35.7 Å². The zero-order valence-electron chi connectivity index (χ0n) is 22.4. The number of likely N-dealkylation sites (N-methyl/N-ethyl adjacent to an activating group) is 1. The molecule has 1 saturated carbocycles. The summed E-state index contributed by atoms with van der Waals surface area (Å²) in [5.74, 6) is 0.287. The van der Waals surface area contributed by atoms with Crippen LogP contribution in [0, 0.1) is 16.7 Å². The Bertz CT molecular complexity index is 1410. The number of nitrogens with zero attached hydrogens (tertiary/aromatic N) is 3. The van der Waals surface area contributed by atoms with E-state index in [2.05, 4.69) is 67.4 Å². The van der Waals surface area contributed by atoms with Gasteiger partial charge in [0.25, 0.3) is 0 Å². The summed E-state index contributed by atoms with van der Waals surface area (Å²) < 4.78 is 7.32. The van der Waals surface area contributed by atoms with Gasteiger partial charge in [-0.05, 0) is 85.7 Å². The second kappa shape index (κ2) is 7.38. The molecule has 1 saturated heterocycles. The maximum absolute atomic E-state index is 11.3. The first-order valence-electron chi connectivity index (χ1n) is 13.6. The largest absolute Gasteiger partial charge is 0.388 e. The summed E-state index contributed by atoms with van der Waals surface area (Å²) in [6, 6.07) is 8.42. The van der Waals surface area contributed by atoms with E-state index in [9.17, 15) is 10.2 Å². The number of rotatable bonds is 2. The normalized spacial score (nSPS) is 41.6. The van der Waals surface area contributed by atoms with Crippen molar-refractivity contribution in [3.05, 3.63) is 65.4 Å². The molecule has 7 atom stereocenters. The van der Waals surface area contributed by atoms with Gasteiger partial charge in [-0.1, -0.05) is 45.1 Å². The third-order valence-corrected chi connectivity index (χ3v) is 10.9. The summed E-state index contributed by atoms with van der Waals surface area (Å²) in [6.07, 6.45) is 10.6. The van der Waals surface area contributed by atoms with Crippen LogP contribution in [-0.2, 0) is 4.74 Å². The van der Waals surface area contributed by atoms with E-state index in [1.165, 1.54) is 16.7 Å². The van der Waals surface area contributed by atoms with Gasteiger partial charge in [-0.25, -0.2) is 0 Å². The third kappa shape index (κ3) is 2.85. The number of hydrogen-bond donors (Lipinski definition) is 2. The third-order valence-electron chi connectivity index (χ3n) is 10.9. The van der Waals surface area contributed by atoms with Crippen molar-refractivity contribution in [2.75, 3.05) is 14.1 Å². The van der Waals surface area contributed by atoms with Crippen LogP contribution in [0.15, 0.2) is 59.8 Å². The van der Waals surface area contributed by atoms with Gasteiger partial charge in [-0.2, -0.15) is 10.2 Å². The summed E-state index contributed by atoms with van der Waals surface area (Å²) in [5, 5.41) is 31.7. The van der Waals surface area contributed by atoms with Crippen LogP contribution < -0.4 is 0 Å². The van der Waals surface area contributed by atoms with E-state index in [4.69, 9.17) is 4.74 Å². The lowest BCUT2D eigenvalue weighted by atomic mass is 9.49. The van der Waals surface area contributed by atoms with E-state index in [1.54, 1.807) is 6.20 Å². The lowest BCUT2D eigenvalue weighted by molar-refractivity contribution is -0.170. The van der Waals surface area contributed by atoms with Crippen molar-refractivity contribution in [3.63, 3.8) is 0 Å². The molecule has 0 radical (unpaired) electrons. The number of aliphatic hydroxyl groups excluding tert-OH is 2. The number of aromatic nitrogens is 2. The standard InChI is InChI=1S/C31H37N3O3/c1-28(2)16-20-15-22-26(35)27(36)24(34(4)5)17-30(22)11-12-31(20,37-30)25-9-7-21(29(25,28)3)18-6-8-23-19(14-18)10-13-32-33-23/h6-8,10,13-16,24-27,35-36H,9,11-12,17H2,1-5H3. The Labute approximate surface area is 218 Å². The Morgan fingerprint density at radius 3 is 2.68 bits per heavy atom. The molecule has 2 bridgehead atoms. The summed E-state index contributed by atoms with van der Waals surface area (Å²) in [5.41, 5.74) is 4.44. The number of ether oxygens (including phenoxy) is 1. The smallest absolute Gasteiger partial charge is 0.105 e. The van der Waals surface area contributed by atoms with Gasteiger partial charge in [0.15, 0.2) is 0 Å². The summed E-state index contributed by atoms with van der Waals surface area (Å²) in [6.45, 7) is 7.12. The van der Waals surface area contributed by atoms with Crippen molar-refractivity contribution < 1.29 is 14.9 Å². The van der Waals surface area contributed by atoms with Gasteiger partial charge in [-0.3, -0.25) is 0 Å². The van der Waals surface area contributed by atoms with Crippen LogP contribution >= 0.6 is 0 Å². The number of benzene rings is 1. The van der Waals surface area contributed by atoms with Crippen molar-refractivity contribution >= 4 is 16.5 Å². The molecule has 7 rings (SSSR count). The first-order valence-corrected chi connectivity index (χ1v) is 13.6. The van der Waals surface area contributed by atoms with E-state index in [1.807, 2.05) is 25.1 Å². The molecular formula is C31H37N3O3. The second-order valence-electron chi connectivity index (χ2n) is 13.0. The summed E-state index contributed by atoms with van der Waals surface area (Å²) >= 11 is 0. The molecule has 5 aliphatic rings. The molecule has 1 aromatic heterocycles. The van der Waals surface area contributed by atoms with Crippen LogP contribution in [0.5, 0.6) is 0 Å². The monoisotopic (exact) mass is 499 g/mol. The van der Waals surface area contributed by atoms with Crippen molar-refractivity contribution in [2.45, 2.75) is 75.9 Å². The minimum absolute atomic E-state index is 0.130. The Morgan fingerprint density at radius 1 is 1.08 bits per heavy atom. The summed E-state index contributed by atoms with van der Waals surface area (Å²) in [7, 11) is 3.96. The van der Waals surface area contributed by atoms with E-state index < -0.39 is 17.8 Å². The predicted octanol–water partition coefficient (Wildman–Crippen LogP) is 4.29. The first-order chi connectivity index (χ1) is 17.5. The molecule has 6 nitrogen and oxygen atoms in total. The van der Waals surface area contributed by atoms with Gasteiger partial charge >= 0.3 is 0 Å². The Morgan fingerprint density at radius 2 is 1.89 bits per heavy atom. The maximum atomic E-state index is 11.3. The van der Waals surface area contributed by atoms with Crippen LogP contribution in [0.1, 0.15) is 52.0 Å². The summed E-state index contributed by atoms with van der Waals surface area (Å²) in [4.78, 5) is 2.03. The lowest BCUT2D eigenvalue weighted by Crippen LogP contribution is -2.63. The molecule has 6 heteroatoms. The van der Waals surface area contributed by atoms with Gasteiger partial charge in [0.1, 0.15) is 6.10 Å². The van der Waals surface area contributed by atoms with Gasteiger partial charge < -0.3 is 19.8 Å². The average Bonchev–Trinajstić information content (AvgIpc) is 3.40. The fourth-order valence-electron chi connectivity index (χ4n) is 8.67. The van der Waals surface area contributed by atoms with Crippen molar-refractivity contribution in [1.29, 1.82) is 0 Å². The lowest BCUT2D eigenvalue weighted by Gasteiger charge is -2.60. The Kier molecular flexibility index (Phi) is 4.73. The fraction of sp³-hybridized carbons (Fsp3) is 0.548. The fourth-order valence-corrected chi connectivity index (χ4v) is 8.67. The second-order valence-corrected chi connectivity index (χ2v) is 13.0. The van der Waals surface area contributed by atoms with Crippen LogP contribution in [0.4, 0.5) is 0 Å². The number of hydrogen-bond acceptors (Lipinski definition) is 6. The number of aliphatic hydroxyl groups is 2. The van der Waals surface area contributed by atoms with Gasteiger partial charge in [0.2, 0.25) is 0 Å².